The summed E-state index contributed by atoms with van der Waals surface area (Å²) in [6, 6.07) is 8.18. The summed E-state index contributed by atoms with van der Waals surface area (Å²) in [5.74, 6) is -1.43. The molecule has 0 fully saturated rings. The highest BCUT2D eigenvalue weighted by atomic mass is 35.5. The molecule has 104 valence electrons. The molecule has 0 bridgehead atoms. The summed E-state index contributed by atoms with van der Waals surface area (Å²) in [6.45, 7) is 0.0221. The first kappa shape index (κ1) is 14.3. The van der Waals surface area contributed by atoms with E-state index in [0.717, 1.165) is 6.20 Å². The highest BCUT2D eigenvalue weighted by Gasteiger charge is 2.12. The zero-order valence-corrected chi connectivity index (χ0v) is 11.2. The van der Waals surface area contributed by atoms with Gasteiger partial charge in [-0.1, -0.05) is 17.7 Å². The van der Waals surface area contributed by atoms with Crippen LogP contribution in [-0.4, -0.2) is 22.6 Å². The molecule has 1 N–H and O–H groups in total. The van der Waals surface area contributed by atoms with Crippen molar-refractivity contribution in [3.63, 3.8) is 0 Å². The molecular weight excluding hydrogens is 283 g/mol. The number of hydrogen-bond donors (Lipinski definition) is 1. The fourth-order valence-electron chi connectivity index (χ4n) is 1.84. The standard InChI is InChI=1S/C14H12ClFN2O2/c15-11-2-1-3-13(5-11)18(9-14(19)20)8-10-4-12(16)7-17-6-10/h1-7H,8-9H2,(H,19,20). The summed E-state index contributed by atoms with van der Waals surface area (Å²) < 4.78 is 13.1. The summed E-state index contributed by atoms with van der Waals surface area (Å²) in [7, 11) is 0. The van der Waals surface area contributed by atoms with Gasteiger partial charge in [0.05, 0.1) is 6.20 Å². The van der Waals surface area contributed by atoms with E-state index < -0.39 is 11.8 Å². The molecule has 0 saturated carbocycles. The number of hydrogen-bond acceptors (Lipinski definition) is 3. The van der Waals surface area contributed by atoms with Crippen LogP contribution in [0.25, 0.3) is 0 Å². The first-order chi connectivity index (χ1) is 9.54. The largest absolute Gasteiger partial charge is 0.480 e. The number of carboxylic acid groups (broad SMARTS) is 1. The van der Waals surface area contributed by atoms with Crippen LogP contribution in [-0.2, 0) is 11.3 Å². The minimum atomic E-state index is -0.977. The second kappa shape index (κ2) is 6.34. The van der Waals surface area contributed by atoms with E-state index in [1.54, 1.807) is 29.2 Å². The van der Waals surface area contributed by atoms with Crippen LogP contribution in [0.15, 0.2) is 42.7 Å². The Labute approximate surface area is 120 Å². The molecule has 1 heterocycles. The van der Waals surface area contributed by atoms with Gasteiger partial charge in [0.2, 0.25) is 0 Å². The second-order valence-corrected chi connectivity index (χ2v) is 4.68. The van der Waals surface area contributed by atoms with Gasteiger partial charge in [-0.05, 0) is 29.8 Å². The highest BCUT2D eigenvalue weighted by molar-refractivity contribution is 6.30. The van der Waals surface area contributed by atoms with Crippen molar-refractivity contribution in [1.29, 1.82) is 0 Å². The summed E-state index contributed by atoms with van der Waals surface area (Å²) in [5, 5.41) is 9.49. The molecule has 0 radical (unpaired) electrons. The zero-order valence-electron chi connectivity index (χ0n) is 10.5. The number of carbonyl (C=O) groups is 1. The number of anilines is 1. The second-order valence-electron chi connectivity index (χ2n) is 4.24. The van der Waals surface area contributed by atoms with Gasteiger partial charge in [0, 0.05) is 23.5 Å². The van der Waals surface area contributed by atoms with E-state index in [9.17, 15) is 9.18 Å². The predicted octanol–water partition coefficient (Wildman–Crippen LogP) is 2.97. The summed E-state index contributed by atoms with van der Waals surface area (Å²) in [4.78, 5) is 16.3. The van der Waals surface area contributed by atoms with Crippen molar-refractivity contribution in [3.8, 4) is 0 Å². The Morgan fingerprint density at radius 2 is 2.15 bits per heavy atom. The fourth-order valence-corrected chi connectivity index (χ4v) is 2.02. The Kier molecular flexibility index (Phi) is 4.53. The lowest BCUT2D eigenvalue weighted by atomic mass is 10.2. The molecule has 2 aromatic rings. The normalized spacial score (nSPS) is 10.3. The van der Waals surface area contributed by atoms with Crippen molar-refractivity contribution in [2.24, 2.45) is 0 Å². The quantitative estimate of drug-likeness (QED) is 0.921. The lowest BCUT2D eigenvalue weighted by Gasteiger charge is -2.23. The highest BCUT2D eigenvalue weighted by Crippen LogP contribution is 2.21. The van der Waals surface area contributed by atoms with Crippen molar-refractivity contribution in [1.82, 2.24) is 4.98 Å². The zero-order chi connectivity index (χ0) is 14.5. The number of pyridine rings is 1. The molecule has 1 aromatic heterocycles. The molecule has 1 aromatic carbocycles. The van der Waals surface area contributed by atoms with Crippen LogP contribution in [0.1, 0.15) is 5.56 Å². The number of nitrogens with zero attached hydrogens (tertiary/aromatic N) is 2. The van der Waals surface area contributed by atoms with E-state index in [4.69, 9.17) is 16.7 Å². The van der Waals surface area contributed by atoms with Crippen LogP contribution >= 0.6 is 11.6 Å². The van der Waals surface area contributed by atoms with Crippen molar-refractivity contribution in [3.05, 3.63) is 59.1 Å². The predicted molar refractivity (Wildman–Crippen MR) is 74.3 cm³/mol. The number of rotatable bonds is 5. The van der Waals surface area contributed by atoms with E-state index >= 15 is 0 Å². The number of halogens is 2. The van der Waals surface area contributed by atoms with E-state index in [1.165, 1.54) is 12.3 Å². The first-order valence-corrected chi connectivity index (χ1v) is 6.24. The third kappa shape index (κ3) is 3.93. The van der Waals surface area contributed by atoms with Gasteiger partial charge in [0.15, 0.2) is 0 Å². The van der Waals surface area contributed by atoms with Gasteiger partial charge < -0.3 is 10.0 Å². The minimum Gasteiger partial charge on any atom is -0.480 e. The SMILES string of the molecule is O=C(O)CN(Cc1cncc(F)c1)c1cccc(Cl)c1. The fraction of sp³-hybridized carbons (Fsp3) is 0.143. The lowest BCUT2D eigenvalue weighted by molar-refractivity contribution is -0.135. The molecule has 2 rings (SSSR count). The summed E-state index contributed by atoms with van der Waals surface area (Å²) in [6.07, 6.45) is 2.60. The summed E-state index contributed by atoms with van der Waals surface area (Å²) >= 11 is 5.91. The molecule has 0 saturated heterocycles. The molecular formula is C14H12ClFN2O2. The minimum absolute atomic E-state index is 0.211. The average molecular weight is 295 g/mol. The third-order valence-electron chi connectivity index (χ3n) is 2.63. The van der Waals surface area contributed by atoms with Crippen molar-refractivity contribution in [2.75, 3.05) is 11.4 Å². The molecule has 20 heavy (non-hydrogen) atoms. The van der Waals surface area contributed by atoms with Gasteiger partial charge in [0.25, 0.3) is 0 Å². The molecule has 0 aliphatic rings. The van der Waals surface area contributed by atoms with E-state index in [1.807, 2.05) is 0 Å². The maximum atomic E-state index is 13.1. The van der Waals surface area contributed by atoms with Crippen LogP contribution in [0.4, 0.5) is 10.1 Å². The number of aliphatic carboxylic acids is 1. The topological polar surface area (TPSA) is 53.4 Å². The summed E-state index contributed by atoms with van der Waals surface area (Å²) in [5.41, 5.74) is 1.25. The van der Waals surface area contributed by atoms with E-state index in [0.29, 0.717) is 16.3 Å². The van der Waals surface area contributed by atoms with E-state index in [2.05, 4.69) is 4.98 Å². The number of aromatic nitrogens is 1. The van der Waals surface area contributed by atoms with Gasteiger partial charge in [-0.15, -0.1) is 0 Å². The molecule has 6 heteroatoms. The molecule has 0 aliphatic heterocycles. The maximum absolute atomic E-state index is 13.1. The van der Waals surface area contributed by atoms with Crippen LogP contribution in [0.3, 0.4) is 0 Å². The third-order valence-corrected chi connectivity index (χ3v) is 2.87. The van der Waals surface area contributed by atoms with Gasteiger partial charge in [-0.2, -0.15) is 0 Å². The smallest absolute Gasteiger partial charge is 0.323 e. The van der Waals surface area contributed by atoms with Crippen molar-refractivity contribution < 1.29 is 14.3 Å². The average Bonchev–Trinajstić information content (AvgIpc) is 2.37. The Bertz CT molecular complexity index is 622. The van der Waals surface area contributed by atoms with Crippen molar-refractivity contribution >= 4 is 23.3 Å². The monoisotopic (exact) mass is 294 g/mol. The Balaban J connectivity index is 2.26. The van der Waals surface area contributed by atoms with Crippen LogP contribution in [0.5, 0.6) is 0 Å². The molecule has 0 unspecified atom stereocenters. The van der Waals surface area contributed by atoms with Gasteiger partial charge >= 0.3 is 5.97 Å². The van der Waals surface area contributed by atoms with Crippen LogP contribution in [0, 0.1) is 5.82 Å². The number of benzene rings is 1. The number of carboxylic acids is 1. The van der Waals surface area contributed by atoms with E-state index in [-0.39, 0.29) is 13.1 Å². The lowest BCUT2D eigenvalue weighted by Crippen LogP contribution is -2.29. The van der Waals surface area contributed by atoms with Gasteiger partial charge in [-0.25, -0.2) is 4.39 Å². The van der Waals surface area contributed by atoms with Gasteiger partial charge in [-0.3, -0.25) is 9.78 Å². The van der Waals surface area contributed by atoms with Crippen LogP contribution in [0.2, 0.25) is 5.02 Å². The molecule has 4 nitrogen and oxygen atoms in total. The Hall–Kier alpha value is -2.14. The molecule has 0 atom stereocenters. The Morgan fingerprint density at radius 1 is 1.35 bits per heavy atom. The molecule has 0 spiro atoms. The van der Waals surface area contributed by atoms with Crippen molar-refractivity contribution in [2.45, 2.75) is 6.54 Å². The Morgan fingerprint density at radius 3 is 2.80 bits per heavy atom. The maximum Gasteiger partial charge on any atom is 0.323 e. The molecule has 0 amide bonds. The van der Waals surface area contributed by atoms with Gasteiger partial charge in [0.1, 0.15) is 12.4 Å². The molecule has 0 aliphatic carbocycles. The van der Waals surface area contributed by atoms with Crippen LogP contribution < -0.4 is 4.90 Å². The first-order valence-electron chi connectivity index (χ1n) is 5.86.